The van der Waals surface area contributed by atoms with E-state index in [9.17, 15) is 22.8 Å². The maximum atomic E-state index is 11.9. The second-order valence-corrected chi connectivity index (χ2v) is 6.60. The van der Waals surface area contributed by atoms with Gasteiger partial charge in [-0.25, -0.2) is 9.78 Å². The summed E-state index contributed by atoms with van der Waals surface area (Å²) in [5.41, 5.74) is 0.859. The minimum absolute atomic E-state index is 0.0446. The number of carbonyl (C=O) groups is 2. The highest BCUT2D eigenvalue weighted by Crippen LogP contribution is 2.31. The topological polar surface area (TPSA) is 93.5 Å². The summed E-state index contributed by atoms with van der Waals surface area (Å²) in [5, 5.41) is 5.10. The van der Waals surface area contributed by atoms with E-state index in [-0.39, 0.29) is 6.54 Å². The molecule has 3 aromatic rings. The maximum Gasteiger partial charge on any atom is 0.422 e. The van der Waals surface area contributed by atoms with Gasteiger partial charge in [0.25, 0.3) is 0 Å². The number of alkyl halides is 3. The predicted octanol–water partition coefficient (Wildman–Crippen LogP) is 3.46. The van der Waals surface area contributed by atoms with Crippen LogP contribution in [0.1, 0.15) is 5.76 Å². The van der Waals surface area contributed by atoms with Crippen molar-refractivity contribution in [2.75, 3.05) is 13.2 Å². The molecule has 0 saturated heterocycles. The molecule has 28 heavy (non-hydrogen) atoms. The summed E-state index contributed by atoms with van der Waals surface area (Å²) in [4.78, 5) is 27.2. The SMILES string of the molecule is O=C(CNC(=O)OCC(F)(F)F)NCc1ccc(-c2nc3ccccc3s2)o1. The van der Waals surface area contributed by atoms with Gasteiger partial charge in [0.15, 0.2) is 17.4 Å². The van der Waals surface area contributed by atoms with Crippen molar-refractivity contribution in [1.29, 1.82) is 0 Å². The van der Waals surface area contributed by atoms with Crippen LogP contribution in [0, 0.1) is 0 Å². The molecule has 2 heterocycles. The summed E-state index contributed by atoms with van der Waals surface area (Å²) in [7, 11) is 0. The zero-order valence-electron chi connectivity index (χ0n) is 14.2. The number of hydrogen-bond donors (Lipinski definition) is 2. The van der Waals surface area contributed by atoms with Gasteiger partial charge in [0.05, 0.1) is 16.8 Å². The first-order chi connectivity index (χ1) is 13.3. The van der Waals surface area contributed by atoms with Crippen molar-refractivity contribution in [3.05, 3.63) is 42.2 Å². The predicted molar refractivity (Wildman–Crippen MR) is 94.6 cm³/mol. The van der Waals surface area contributed by atoms with E-state index in [1.807, 2.05) is 29.6 Å². The van der Waals surface area contributed by atoms with Crippen LogP contribution >= 0.6 is 11.3 Å². The number of hydrogen-bond acceptors (Lipinski definition) is 6. The van der Waals surface area contributed by atoms with Crippen LogP contribution in [-0.2, 0) is 16.1 Å². The number of halogens is 3. The summed E-state index contributed by atoms with van der Waals surface area (Å²) in [6, 6.07) is 11.1. The van der Waals surface area contributed by atoms with Crippen molar-refractivity contribution >= 4 is 33.6 Å². The molecule has 0 spiro atoms. The maximum absolute atomic E-state index is 11.9. The van der Waals surface area contributed by atoms with E-state index in [1.165, 1.54) is 11.3 Å². The average molecular weight is 413 g/mol. The number of furan rings is 1. The van der Waals surface area contributed by atoms with Crippen LogP contribution < -0.4 is 10.6 Å². The fourth-order valence-corrected chi connectivity index (χ4v) is 3.09. The van der Waals surface area contributed by atoms with E-state index >= 15 is 0 Å². The quantitative estimate of drug-likeness (QED) is 0.646. The lowest BCUT2D eigenvalue weighted by Gasteiger charge is -2.09. The number of thiazole rings is 1. The van der Waals surface area contributed by atoms with Gasteiger partial charge in [-0.15, -0.1) is 11.3 Å². The first-order valence-electron chi connectivity index (χ1n) is 7.99. The summed E-state index contributed by atoms with van der Waals surface area (Å²) in [6.07, 6.45) is -5.96. The van der Waals surface area contributed by atoms with E-state index in [0.29, 0.717) is 16.5 Å². The molecule has 11 heteroatoms. The summed E-state index contributed by atoms with van der Waals surface area (Å²) in [6.45, 7) is -2.20. The third-order valence-corrected chi connectivity index (χ3v) is 4.44. The highest BCUT2D eigenvalue weighted by atomic mass is 32.1. The zero-order valence-corrected chi connectivity index (χ0v) is 15.0. The molecule has 0 aliphatic carbocycles. The Kier molecular flexibility index (Phi) is 5.83. The molecule has 0 bridgehead atoms. The van der Waals surface area contributed by atoms with Crippen molar-refractivity contribution in [2.45, 2.75) is 12.7 Å². The van der Waals surface area contributed by atoms with Crippen LogP contribution in [0.3, 0.4) is 0 Å². The van der Waals surface area contributed by atoms with Gasteiger partial charge in [-0.1, -0.05) is 12.1 Å². The molecular formula is C17H14F3N3O4S. The van der Waals surface area contributed by atoms with Crippen LogP contribution in [0.2, 0.25) is 0 Å². The molecule has 2 aromatic heterocycles. The van der Waals surface area contributed by atoms with Gasteiger partial charge in [0.2, 0.25) is 5.91 Å². The smallest absolute Gasteiger partial charge is 0.422 e. The molecule has 0 radical (unpaired) electrons. The Morgan fingerprint density at radius 2 is 1.93 bits per heavy atom. The largest absolute Gasteiger partial charge is 0.457 e. The molecule has 0 saturated carbocycles. The number of alkyl carbamates (subject to hydrolysis) is 1. The van der Waals surface area contributed by atoms with Crippen molar-refractivity contribution in [3.8, 4) is 10.8 Å². The normalized spacial score (nSPS) is 11.4. The van der Waals surface area contributed by atoms with Crippen LogP contribution in [0.25, 0.3) is 21.0 Å². The van der Waals surface area contributed by atoms with Gasteiger partial charge in [-0.3, -0.25) is 4.79 Å². The summed E-state index contributed by atoms with van der Waals surface area (Å²) in [5.74, 6) is 0.406. The minimum atomic E-state index is -4.63. The molecule has 0 unspecified atom stereocenters. The van der Waals surface area contributed by atoms with Gasteiger partial charge in [0, 0.05) is 0 Å². The van der Waals surface area contributed by atoms with E-state index in [4.69, 9.17) is 4.42 Å². The number of amides is 2. The Morgan fingerprint density at radius 1 is 1.14 bits per heavy atom. The fourth-order valence-electron chi connectivity index (χ4n) is 2.16. The van der Waals surface area contributed by atoms with Crippen LogP contribution in [-0.4, -0.2) is 36.3 Å². The molecule has 2 N–H and O–H groups in total. The molecule has 0 aliphatic rings. The van der Waals surface area contributed by atoms with Gasteiger partial charge in [-0.05, 0) is 24.3 Å². The van der Waals surface area contributed by atoms with Gasteiger partial charge in [-0.2, -0.15) is 13.2 Å². The number of aromatic nitrogens is 1. The first kappa shape index (κ1) is 19.7. The van der Waals surface area contributed by atoms with Gasteiger partial charge >= 0.3 is 12.3 Å². The molecule has 7 nitrogen and oxygen atoms in total. The Balaban J connectivity index is 1.46. The Bertz CT molecular complexity index is 950. The van der Waals surface area contributed by atoms with Gasteiger partial charge < -0.3 is 19.8 Å². The monoisotopic (exact) mass is 413 g/mol. The lowest BCUT2D eigenvalue weighted by Crippen LogP contribution is -2.37. The first-order valence-corrected chi connectivity index (χ1v) is 8.80. The van der Waals surface area contributed by atoms with E-state index in [1.54, 1.807) is 12.1 Å². The number of carbonyl (C=O) groups excluding carboxylic acids is 2. The third-order valence-electron chi connectivity index (χ3n) is 3.39. The molecule has 3 rings (SSSR count). The van der Waals surface area contributed by atoms with E-state index in [0.717, 1.165) is 10.2 Å². The van der Waals surface area contributed by atoms with Crippen molar-refractivity contribution in [2.24, 2.45) is 0 Å². The number of para-hydroxylation sites is 1. The van der Waals surface area contributed by atoms with Gasteiger partial charge in [0.1, 0.15) is 12.3 Å². The lowest BCUT2D eigenvalue weighted by atomic mass is 10.3. The van der Waals surface area contributed by atoms with Crippen LogP contribution in [0.5, 0.6) is 0 Å². The van der Waals surface area contributed by atoms with E-state index < -0.39 is 31.3 Å². The van der Waals surface area contributed by atoms with Crippen molar-refractivity contribution in [1.82, 2.24) is 15.6 Å². The fraction of sp³-hybridized carbons (Fsp3) is 0.235. The minimum Gasteiger partial charge on any atom is -0.457 e. The Hall–Kier alpha value is -3.08. The highest BCUT2D eigenvalue weighted by Gasteiger charge is 2.29. The van der Waals surface area contributed by atoms with Crippen LogP contribution in [0.15, 0.2) is 40.8 Å². The van der Waals surface area contributed by atoms with Crippen molar-refractivity contribution in [3.63, 3.8) is 0 Å². The standard InChI is InChI=1S/C17H14F3N3O4S/c18-17(19,20)9-26-16(25)22-8-14(24)21-7-10-5-6-12(27-10)15-23-11-3-1-2-4-13(11)28-15/h1-6H,7-9H2,(H,21,24)(H,22,25). The number of benzene rings is 1. The molecule has 0 atom stereocenters. The lowest BCUT2D eigenvalue weighted by molar-refractivity contribution is -0.160. The summed E-state index contributed by atoms with van der Waals surface area (Å²) >= 11 is 1.47. The molecule has 0 fully saturated rings. The summed E-state index contributed by atoms with van der Waals surface area (Å²) < 4.78 is 46.3. The average Bonchev–Trinajstić information content (AvgIpc) is 3.28. The number of nitrogens with zero attached hydrogens (tertiary/aromatic N) is 1. The molecule has 2 amide bonds. The second kappa shape index (κ2) is 8.30. The third kappa shape index (κ3) is 5.46. The Labute approximate surface area is 160 Å². The second-order valence-electron chi connectivity index (χ2n) is 5.57. The number of ether oxygens (including phenoxy) is 1. The molecular weight excluding hydrogens is 399 g/mol. The number of fused-ring (bicyclic) bond motifs is 1. The molecule has 148 valence electrons. The number of nitrogens with one attached hydrogen (secondary N) is 2. The number of rotatable bonds is 6. The van der Waals surface area contributed by atoms with Crippen molar-refractivity contribution < 1.29 is 31.9 Å². The molecule has 1 aromatic carbocycles. The molecule has 0 aliphatic heterocycles. The Morgan fingerprint density at radius 3 is 2.68 bits per heavy atom. The zero-order chi connectivity index (χ0) is 20.1. The highest BCUT2D eigenvalue weighted by molar-refractivity contribution is 7.21. The van der Waals surface area contributed by atoms with Crippen LogP contribution in [0.4, 0.5) is 18.0 Å². The van der Waals surface area contributed by atoms with E-state index in [2.05, 4.69) is 15.0 Å².